The quantitative estimate of drug-likeness (QED) is 0.297. The van der Waals surface area contributed by atoms with E-state index >= 15 is 0 Å². The normalized spacial score (nSPS) is 11.9. The second kappa shape index (κ2) is 11.6. The van der Waals surface area contributed by atoms with Crippen molar-refractivity contribution in [3.63, 3.8) is 0 Å². The van der Waals surface area contributed by atoms with Crippen molar-refractivity contribution in [1.29, 1.82) is 0 Å². The average molecular weight is 517 g/mol. The number of nitrogens with one attached hydrogen (secondary N) is 2. The van der Waals surface area contributed by atoms with Gasteiger partial charge in [-0.2, -0.15) is 0 Å². The molecule has 1 aromatic heterocycles. The van der Waals surface area contributed by atoms with Crippen molar-refractivity contribution in [3.05, 3.63) is 121 Å². The number of sulfonamides is 1. The maximum Gasteiger partial charge on any atom is 0.329 e. The first-order chi connectivity index (χ1) is 17.9. The maximum absolute atomic E-state index is 13.0. The van der Waals surface area contributed by atoms with Crippen LogP contribution in [0.4, 0.5) is 4.79 Å². The third-order valence-electron chi connectivity index (χ3n) is 5.64. The van der Waals surface area contributed by atoms with Crippen LogP contribution in [0.25, 0.3) is 5.69 Å². The van der Waals surface area contributed by atoms with E-state index < -0.39 is 22.1 Å². The van der Waals surface area contributed by atoms with E-state index in [1.807, 2.05) is 59.2 Å². The molecule has 9 heteroatoms. The Balaban J connectivity index is 1.63. The zero-order valence-corrected chi connectivity index (χ0v) is 21.2. The van der Waals surface area contributed by atoms with Crippen molar-refractivity contribution >= 4 is 16.1 Å². The lowest BCUT2D eigenvalue weighted by Crippen LogP contribution is -2.42. The van der Waals surface area contributed by atoms with Gasteiger partial charge in [0.05, 0.1) is 16.6 Å². The summed E-state index contributed by atoms with van der Waals surface area (Å²) in [5.74, 6) is 1.19. The van der Waals surface area contributed by atoms with Gasteiger partial charge in [-0.25, -0.2) is 22.9 Å². The summed E-state index contributed by atoms with van der Waals surface area (Å²) in [6.45, 7) is 5.72. The van der Waals surface area contributed by atoms with Crippen LogP contribution in [-0.2, 0) is 16.4 Å². The number of carbonyl (C=O) groups is 1. The number of carbonyl (C=O) groups excluding carboxylic acids is 1. The number of aromatic nitrogens is 2. The fourth-order valence-electron chi connectivity index (χ4n) is 3.95. The molecule has 0 aliphatic rings. The molecule has 2 N–H and O–H groups in total. The van der Waals surface area contributed by atoms with E-state index in [-0.39, 0.29) is 4.90 Å². The van der Waals surface area contributed by atoms with Gasteiger partial charge in [0.2, 0.25) is 0 Å². The van der Waals surface area contributed by atoms with Gasteiger partial charge in [-0.05, 0) is 42.7 Å². The van der Waals surface area contributed by atoms with Crippen LogP contribution in [0.15, 0.2) is 109 Å². The molecular weight excluding hydrogens is 488 g/mol. The van der Waals surface area contributed by atoms with Gasteiger partial charge in [0.1, 0.15) is 18.2 Å². The van der Waals surface area contributed by atoms with Gasteiger partial charge in [0.25, 0.3) is 10.0 Å². The number of imidazole rings is 1. The minimum atomic E-state index is -4.07. The third kappa shape index (κ3) is 6.45. The van der Waals surface area contributed by atoms with E-state index in [2.05, 4.69) is 21.6 Å². The fraction of sp³-hybridized carbons (Fsp3) is 0.143. The monoisotopic (exact) mass is 516 g/mol. The van der Waals surface area contributed by atoms with Gasteiger partial charge in [0.15, 0.2) is 0 Å². The molecule has 1 unspecified atom stereocenters. The number of benzene rings is 3. The first kappa shape index (κ1) is 25.7. The van der Waals surface area contributed by atoms with Crippen molar-refractivity contribution < 1.29 is 17.9 Å². The van der Waals surface area contributed by atoms with Gasteiger partial charge in [-0.15, -0.1) is 0 Å². The number of hydrogen-bond donors (Lipinski definition) is 2. The number of hydrogen-bond acceptors (Lipinski definition) is 5. The molecular formula is C28H28N4O4S. The topological polar surface area (TPSA) is 102 Å². The summed E-state index contributed by atoms with van der Waals surface area (Å²) in [6, 6.07) is 22.0. The lowest BCUT2D eigenvalue weighted by Gasteiger charge is -2.21. The molecule has 8 nitrogen and oxygen atoms in total. The Morgan fingerprint density at radius 3 is 2.59 bits per heavy atom. The van der Waals surface area contributed by atoms with Crippen LogP contribution >= 0.6 is 0 Å². The summed E-state index contributed by atoms with van der Waals surface area (Å²) in [7, 11) is -4.07. The minimum absolute atomic E-state index is 0.0441. The molecule has 37 heavy (non-hydrogen) atoms. The number of urea groups is 1. The van der Waals surface area contributed by atoms with Crippen LogP contribution in [0.5, 0.6) is 5.75 Å². The highest BCUT2D eigenvalue weighted by Gasteiger charge is 2.25. The largest absolute Gasteiger partial charge is 0.489 e. The van der Waals surface area contributed by atoms with Crippen molar-refractivity contribution in [1.82, 2.24) is 19.6 Å². The van der Waals surface area contributed by atoms with E-state index in [0.29, 0.717) is 30.2 Å². The molecule has 2 amide bonds. The Labute approximate surface area is 216 Å². The molecule has 190 valence electrons. The molecule has 0 radical (unpaired) electrons. The van der Waals surface area contributed by atoms with Crippen LogP contribution < -0.4 is 14.8 Å². The highest BCUT2D eigenvalue weighted by Crippen LogP contribution is 2.24. The second-order valence-electron chi connectivity index (χ2n) is 8.34. The highest BCUT2D eigenvalue weighted by atomic mass is 32.2. The Morgan fingerprint density at radius 1 is 1.08 bits per heavy atom. The van der Waals surface area contributed by atoms with Crippen molar-refractivity contribution in [2.45, 2.75) is 24.3 Å². The molecule has 4 aromatic rings. The van der Waals surface area contributed by atoms with Crippen LogP contribution in [0, 0.1) is 6.92 Å². The first-order valence-corrected chi connectivity index (χ1v) is 13.2. The zero-order chi connectivity index (χ0) is 26.3. The standard InChI is InChI=1S/C28H28N4O4S/c1-3-18-36-24-14-9-13-23(20-24)32-17-16-29-27(32)25(19-22-11-5-4-6-12-22)30-28(33)31-37(34,35)26-15-8-7-10-21(26)2/h3-17,20,25H,1,18-19H2,2H3,(H2,30,31,33). The molecule has 0 spiro atoms. The number of ether oxygens (including phenoxy) is 1. The molecule has 0 saturated carbocycles. The summed E-state index contributed by atoms with van der Waals surface area (Å²) >= 11 is 0. The summed E-state index contributed by atoms with van der Waals surface area (Å²) < 4.78 is 35.4. The average Bonchev–Trinajstić information content (AvgIpc) is 3.38. The van der Waals surface area contributed by atoms with E-state index in [1.165, 1.54) is 6.07 Å². The lowest BCUT2D eigenvalue weighted by atomic mass is 10.1. The Hall–Kier alpha value is -4.37. The van der Waals surface area contributed by atoms with E-state index in [1.54, 1.807) is 43.6 Å². The van der Waals surface area contributed by atoms with Crippen LogP contribution in [-0.4, -0.2) is 30.6 Å². The van der Waals surface area contributed by atoms with Gasteiger partial charge < -0.3 is 14.6 Å². The molecule has 0 saturated heterocycles. The highest BCUT2D eigenvalue weighted by molar-refractivity contribution is 7.90. The lowest BCUT2D eigenvalue weighted by molar-refractivity contribution is 0.241. The van der Waals surface area contributed by atoms with Gasteiger partial charge in [-0.3, -0.25) is 0 Å². The smallest absolute Gasteiger partial charge is 0.329 e. The van der Waals surface area contributed by atoms with Gasteiger partial charge in [0, 0.05) is 18.5 Å². The molecule has 0 aliphatic carbocycles. The molecule has 3 aromatic carbocycles. The Kier molecular flexibility index (Phi) is 8.05. The van der Waals surface area contributed by atoms with Gasteiger partial charge >= 0.3 is 6.03 Å². The SMILES string of the molecule is C=CCOc1cccc(-n2ccnc2C(Cc2ccccc2)NC(=O)NS(=O)(=O)c2ccccc2C)c1. The second-order valence-corrected chi connectivity index (χ2v) is 9.99. The third-order valence-corrected chi connectivity index (χ3v) is 7.13. The van der Waals surface area contributed by atoms with E-state index in [4.69, 9.17) is 4.74 Å². The molecule has 0 bridgehead atoms. The summed E-state index contributed by atoms with van der Waals surface area (Å²) in [5.41, 5.74) is 2.27. The predicted octanol–water partition coefficient (Wildman–Crippen LogP) is 4.72. The summed E-state index contributed by atoms with van der Waals surface area (Å²) in [5, 5.41) is 2.82. The molecule has 1 heterocycles. The maximum atomic E-state index is 13.0. The van der Waals surface area contributed by atoms with Crippen molar-refractivity contribution in [3.8, 4) is 11.4 Å². The van der Waals surface area contributed by atoms with Crippen LogP contribution in [0.1, 0.15) is 23.0 Å². The summed E-state index contributed by atoms with van der Waals surface area (Å²) in [6.07, 6.45) is 5.47. The van der Waals surface area contributed by atoms with Gasteiger partial charge in [-0.1, -0.05) is 67.3 Å². The predicted molar refractivity (Wildman–Crippen MR) is 142 cm³/mol. The van der Waals surface area contributed by atoms with Crippen LogP contribution in [0.3, 0.4) is 0 Å². The molecule has 1 atom stereocenters. The number of aryl methyl sites for hydroxylation is 1. The van der Waals surface area contributed by atoms with E-state index in [9.17, 15) is 13.2 Å². The first-order valence-electron chi connectivity index (χ1n) is 11.7. The Morgan fingerprint density at radius 2 is 1.84 bits per heavy atom. The minimum Gasteiger partial charge on any atom is -0.489 e. The van der Waals surface area contributed by atoms with E-state index in [0.717, 1.165) is 11.3 Å². The number of rotatable bonds is 10. The molecule has 4 rings (SSSR count). The van der Waals surface area contributed by atoms with Crippen molar-refractivity contribution in [2.75, 3.05) is 6.61 Å². The fourth-order valence-corrected chi connectivity index (χ4v) is 5.11. The molecule has 0 aliphatic heterocycles. The zero-order valence-electron chi connectivity index (χ0n) is 20.4. The Bertz CT molecular complexity index is 1480. The van der Waals surface area contributed by atoms with Crippen molar-refractivity contribution in [2.24, 2.45) is 0 Å². The molecule has 0 fully saturated rings. The number of amides is 2. The number of nitrogens with zero attached hydrogens (tertiary/aromatic N) is 2. The summed E-state index contributed by atoms with van der Waals surface area (Å²) in [4.78, 5) is 17.6. The van der Waals surface area contributed by atoms with Crippen LogP contribution in [0.2, 0.25) is 0 Å².